The standard InChI is InChI=1S/C26H29N5O2S2/c1-16-24-19(7-12-29-16)23(26(35-24)31-22(32)8-11-28-13-14-33-2)25-30-20-15-18(3-4-21(20)34-25)17-5-9-27-10-6-17/h3-6,9-10,15-16,28-29H,7-8,11-14H2,1-2H3,(H,31,32). The first kappa shape index (κ1) is 24.0. The van der Waals surface area contributed by atoms with Crippen LogP contribution in [0.2, 0.25) is 0 Å². The highest BCUT2D eigenvalue weighted by Gasteiger charge is 2.28. The Bertz CT molecular complexity index is 1320. The normalized spacial score (nSPS) is 15.3. The first-order valence-corrected chi connectivity index (χ1v) is 13.5. The van der Waals surface area contributed by atoms with Crippen LogP contribution in [0.5, 0.6) is 0 Å². The molecule has 3 N–H and O–H groups in total. The Hall–Kier alpha value is -2.69. The summed E-state index contributed by atoms with van der Waals surface area (Å²) in [6.07, 6.45) is 4.95. The number of benzene rings is 1. The Balaban J connectivity index is 1.45. The van der Waals surface area contributed by atoms with Gasteiger partial charge in [-0.1, -0.05) is 6.07 Å². The minimum Gasteiger partial charge on any atom is -0.383 e. The summed E-state index contributed by atoms with van der Waals surface area (Å²) in [5.74, 6) is 0.0106. The molecule has 1 aliphatic rings. The molecule has 4 heterocycles. The lowest BCUT2D eigenvalue weighted by molar-refractivity contribution is -0.116. The molecule has 1 aromatic carbocycles. The summed E-state index contributed by atoms with van der Waals surface area (Å²) >= 11 is 3.36. The van der Waals surface area contributed by atoms with E-state index >= 15 is 0 Å². The van der Waals surface area contributed by atoms with Gasteiger partial charge in [-0.15, -0.1) is 22.7 Å². The van der Waals surface area contributed by atoms with Crippen LogP contribution in [-0.2, 0) is 16.0 Å². The Morgan fingerprint density at radius 3 is 2.86 bits per heavy atom. The molecule has 0 fully saturated rings. The highest BCUT2D eigenvalue weighted by molar-refractivity contribution is 7.23. The smallest absolute Gasteiger partial charge is 0.226 e. The number of hydrogen-bond donors (Lipinski definition) is 3. The number of carbonyl (C=O) groups excluding carboxylic acids is 1. The molecule has 3 aromatic heterocycles. The average Bonchev–Trinajstić information content (AvgIpc) is 3.45. The summed E-state index contributed by atoms with van der Waals surface area (Å²) in [6, 6.07) is 10.7. The van der Waals surface area contributed by atoms with Gasteiger partial charge in [0.25, 0.3) is 0 Å². The van der Waals surface area contributed by atoms with Crippen molar-refractivity contribution in [2.45, 2.75) is 25.8 Å². The largest absolute Gasteiger partial charge is 0.383 e. The second-order valence-corrected chi connectivity index (χ2v) is 10.6. The van der Waals surface area contributed by atoms with Crippen LogP contribution in [-0.4, -0.2) is 49.2 Å². The average molecular weight is 508 g/mol. The molecule has 0 saturated heterocycles. The molecule has 35 heavy (non-hydrogen) atoms. The van der Waals surface area contributed by atoms with Crippen LogP contribution in [0.15, 0.2) is 42.7 Å². The van der Waals surface area contributed by atoms with Crippen molar-refractivity contribution >= 4 is 43.8 Å². The van der Waals surface area contributed by atoms with Crippen LogP contribution in [0.25, 0.3) is 31.9 Å². The molecule has 0 saturated carbocycles. The fourth-order valence-electron chi connectivity index (χ4n) is 4.35. The molecule has 0 bridgehead atoms. The molecule has 1 atom stereocenters. The number of methoxy groups -OCH3 is 1. The molecule has 4 aromatic rings. The van der Waals surface area contributed by atoms with Crippen molar-refractivity contribution in [1.82, 2.24) is 20.6 Å². The maximum atomic E-state index is 12.8. The van der Waals surface area contributed by atoms with E-state index in [1.165, 1.54) is 10.4 Å². The van der Waals surface area contributed by atoms with Crippen LogP contribution < -0.4 is 16.0 Å². The molecule has 1 amide bonds. The van der Waals surface area contributed by atoms with Crippen molar-refractivity contribution in [2.75, 3.05) is 38.7 Å². The fraction of sp³-hybridized carbons (Fsp3) is 0.346. The molecule has 1 unspecified atom stereocenters. The quantitative estimate of drug-likeness (QED) is 0.281. The summed E-state index contributed by atoms with van der Waals surface area (Å²) in [5, 5.41) is 11.8. The molecule has 0 spiro atoms. The van der Waals surface area contributed by atoms with Gasteiger partial charge in [0.15, 0.2) is 0 Å². The van der Waals surface area contributed by atoms with E-state index in [4.69, 9.17) is 9.72 Å². The lowest BCUT2D eigenvalue weighted by atomic mass is 10.0. The number of thiophene rings is 1. The summed E-state index contributed by atoms with van der Waals surface area (Å²) in [7, 11) is 1.67. The lowest BCUT2D eigenvalue weighted by Gasteiger charge is -2.20. The summed E-state index contributed by atoms with van der Waals surface area (Å²) in [5.41, 5.74) is 5.61. The molecule has 5 rings (SSSR count). The second kappa shape index (κ2) is 10.9. The monoisotopic (exact) mass is 507 g/mol. The van der Waals surface area contributed by atoms with E-state index in [1.54, 1.807) is 42.2 Å². The molecule has 7 nitrogen and oxygen atoms in total. The van der Waals surface area contributed by atoms with E-state index < -0.39 is 0 Å². The molecular formula is C26H29N5O2S2. The number of carbonyl (C=O) groups is 1. The van der Waals surface area contributed by atoms with Gasteiger partial charge in [-0.2, -0.15) is 0 Å². The first-order valence-electron chi connectivity index (χ1n) is 11.8. The molecular weight excluding hydrogens is 478 g/mol. The topological polar surface area (TPSA) is 88.2 Å². The number of rotatable bonds is 9. The predicted molar refractivity (Wildman–Crippen MR) is 144 cm³/mol. The SMILES string of the molecule is COCCNCCC(=O)Nc1sc2c(c1-c1nc3cc(-c4ccncc4)ccc3s1)CCNC2C. The zero-order valence-corrected chi connectivity index (χ0v) is 21.5. The number of anilines is 1. The molecule has 182 valence electrons. The number of nitrogens with zero attached hydrogens (tertiary/aromatic N) is 2. The number of pyridine rings is 1. The van der Waals surface area contributed by atoms with Gasteiger partial charge in [-0.25, -0.2) is 4.98 Å². The van der Waals surface area contributed by atoms with Gasteiger partial charge in [-0.05, 0) is 60.8 Å². The lowest BCUT2D eigenvalue weighted by Crippen LogP contribution is -2.26. The van der Waals surface area contributed by atoms with Gasteiger partial charge in [0.1, 0.15) is 10.0 Å². The maximum absolute atomic E-state index is 12.8. The van der Waals surface area contributed by atoms with Gasteiger partial charge >= 0.3 is 0 Å². The zero-order valence-electron chi connectivity index (χ0n) is 19.9. The van der Waals surface area contributed by atoms with Crippen molar-refractivity contribution in [3.05, 3.63) is 53.2 Å². The third-order valence-corrected chi connectivity index (χ3v) is 8.52. The summed E-state index contributed by atoms with van der Waals surface area (Å²) in [6.45, 7) is 5.09. The third-order valence-electron chi connectivity index (χ3n) is 6.14. The van der Waals surface area contributed by atoms with Gasteiger partial charge in [0.05, 0.1) is 16.8 Å². The van der Waals surface area contributed by atoms with Crippen LogP contribution in [0.4, 0.5) is 5.00 Å². The van der Waals surface area contributed by atoms with Crippen LogP contribution in [0.3, 0.4) is 0 Å². The van der Waals surface area contributed by atoms with Gasteiger partial charge in [-0.3, -0.25) is 9.78 Å². The summed E-state index contributed by atoms with van der Waals surface area (Å²) < 4.78 is 6.19. The van der Waals surface area contributed by atoms with Crippen molar-refractivity contribution in [3.8, 4) is 21.7 Å². The van der Waals surface area contributed by atoms with Crippen LogP contribution in [0, 0.1) is 0 Å². The van der Waals surface area contributed by atoms with Gasteiger partial charge in [0.2, 0.25) is 5.91 Å². The number of amides is 1. The van der Waals surface area contributed by atoms with E-state index in [1.807, 2.05) is 12.1 Å². The number of fused-ring (bicyclic) bond motifs is 2. The molecule has 0 radical (unpaired) electrons. The number of ether oxygens (including phenoxy) is 1. The molecule has 0 aliphatic carbocycles. The maximum Gasteiger partial charge on any atom is 0.226 e. The fourth-order valence-corrected chi connectivity index (χ4v) is 6.73. The number of hydrogen-bond acceptors (Lipinski definition) is 8. The molecule has 1 aliphatic heterocycles. The third kappa shape index (κ3) is 5.29. The zero-order chi connectivity index (χ0) is 24.2. The minimum atomic E-state index is 0.0106. The predicted octanol–water partition coefficient (Wildman–Crippen LogP) is 4.86. The van der Waals surface area contributed by atoms with Gasteiger partial charge in [0, 0.05) is 55.5 Å². The molecule has 9 heteroatoms. The van der Waals surface area contributed by atoms with Crippen molar-refractivity contribution in [1.29, 1.82) is 0 Å². The minimum absolute atomic E-state index is 0.0106. The van der Waals surface area contributed by atoms with Crippen molar-refractivity contribution in [2.24, 2.45) is 0 Å². The van der Waals surface area contributed by atoms with E-state index in [0.717, 1.165) is 56.4 Å². The van der Waals surface area contributed by atoms with Crippen LogP contribution >= 0.6 is 22.7 Å². The first-order chi connectivity index (χ1) is 17.1. The number of aromatic nitrogens is 2. The van der Waals surface area contributed by atoms with E-state index in [9.17, 15) is 4.79 Å². The van der Waals surface area contributed by atoms with E-state index in [-0.39, 0.29) is 11.9 Å². The Labute approximate surface area is 213 Å². The van der Waals surface area contributed by atoms with Crippen molar-refractivity contribution < 1.29 is 9.53 Å². The van der Waals surface area contributed by atoms with E-state index in [0.29, 0.717) is 19.6 Å². The Kier molecular flexibility index (Phi) is 7.50. The summed E-state index contributed by atoms with van der Waals surface area (Å²) in [4.78, 5) is 23.2. The highest BCUT2D eigenvalue weighted by atomic mass is 32.1. The highest BCUT2D eigenvalue weighted by Crippen LogP contribution is 2.47. The van der Waals surface area contributed by atoms with Crippen molar-refractivity contribution in [3.63, 3.8) is 0 Å². The van der Waals surface area contributed by atoms with Crippen LogP contribution in [0.1, 0.15) is 29.8 Å². The number of thiazole rings is 1. The Morgan fingerprint density at radius 1 is 1.17 bits per heavy atom. The second-order valence-electron chi connectivity index (χ2n) is 8.55. The number of nitrogens with one attached hydrogen (secondary N) is 3. The van der Waals surface area contributed by atoms with Gasteiger partial charge < -0.3 is 20.7 Å². The Morgan fingerprint density at radius 2 is 2.03 bits per heavy atom. The van der Waals surface area contributed by atoms with E-state index in [2.05, 4.69) is 46.1 Å².